The van der Waals surface area contributed by atoms with E-state index in [1.165, 1.54) is 6.20 Å². The highest BCUT2D eigenvalue weighted by atomic mass is 79.9. The maximum atomic E-state index is 12.3. The van der Waals surface area contributed by atoms with Gasteiger partial charge in [0.05, 0.1) is 17.5 Å². The maximum absolute atomic E-state index is 12.3. The average Bonchev–Trinajstić information content (AvgIpc) is 2.11. The average molecular weight is 281 g/mol. The summed E-state index contributed by atoms with van der Waals surface area (Å²) in [5.74, 6) is 0. The first kappa shape index (κ1) is 11.3. The predicted octanol–water partition coefficient (Wildman–Crippen LogP) is 3.50. The molecule has 1 rings (SSSR count). The number of rotatable bonds is 2. The van der Waals surface area contributed by atoms with E-state index < -0.39 is 12.1 Å². The van der Waals surface area contributed by atoms with Crippen LogP contribution in [0, 0.1) is 11.3 Å². The molecule has 0 aliphatic rings. The predicted molar refractivity (Wildman–Crippen MR) is 51.2 cm³/mol. The van der Waals surface area contributed by atoms with Gasteiger partial charge in [0.1, 0.15) is 5.69 Å². The van der Waals surface area contributed by atoms with Crippen molar-refractivity contribution in [1.82, 2.24) is 4.98 Å². The molecule has 0 atom stereocenters. The molecule has 1 aromatic rings. The van der Waals surface area contributed by atoms with Crippen LogP contribution in [0.3, 0.4) is 0 Å². The third-order valence-corrected chi connectivity index (χ3v) is 2.66. The van der Waals surface area contributed by atoms with Crippen LogP contribution in [-0.2, 0) is 6.42 Å². The van der Waals surface area contributed by atoms with Crippen LogP contribution < -0.4 is 0 Å². The largest absolute Gasteiger partial charge is 0.281 e. The van der Waals surface area contributed by atoms with Crippen molar-refractivity contribution in [3.8, 4) is 6.07 Å². The van der Waals surface area contributed by atoms with Crippen LogP contribution in [0.4, 0.5) is 8.78 Å². The van der Waals surface area contributed by atoms with E-state index in [1.54, 1.807) is 0 Å². The van der Waals surface area contributed by atoms with Gasteiger partial charge in [-0.05, 0) is 15.9 Å². The van der Waals surface area contributed by atoms with Gasteiger partial charge in [0.25, 0.3) is 6.43 Å². The number of pyridine rings is 1. The fourth-order valence-electron chi connectivity index (χ4n) is 0.913. The molecule has 1 aromatic heterocycles. The van der Waals surface area contributed by atoms with Crippen molar-refractivity contribution in [2.24, 2.45) is 0 Å². The normalized spacial score (nSPS) is 10.3. The van der Waals surface area contributed by atoms with Gasteiger partial charge in [-0.2, -0.15) is 5.26 Å². The Morgan fingerprint density at radius 3 is 2.79 bits per heavy atom. The van der Waals surface area contributed by atoms with Crippen molar-refractivity contribution < 1.29 is 8.78 Å². The summed E-state index contributed by atoms with van der Waals surface area (Å²) in [6.45, 7) is 0. The Kier molecular flexibility index (Phi) is 3.78. The Morgan fingerprint density at radius 2 is 2.29 bits per heavy atom. The molecule has 0 N–H and O–H groups in total. The van der Waals surface area contributed by atoms with E-state index in [4.69, 9.17) is 16.9 Å². The first-order valence-electron chi connectivity index (χ1n) is 3.55. The molecule has 0 saturated carbocycles. The van der Waals surface area contributed by atoms with Gasteiger partial charge in [-0.25, -0.2) is 8.78 Å². The smallest absolute Gasteiger partial charge is 0.253 e. The van der Waals surface area contributed by atoms with E-state index in [0.717, 1.165) is 0 Å². The minimum absolute atomic E-state index is 0.0261. The topological polar surface area (TPSA) is 36.7 Å². The molecule has 0 amide bonds. The van der Waals surface area contributed by atoms with E-state index in [9.17, 15) is 8.78 Å². The van der Waals surface area contributed by atoms with Crippen molar-refractivity contribution in [1.29, 1.82) is 5.26 Å². The summed E-state index contributed by atoms with van der Waals surface area (Å²) >= 11 is 8.75. The van der Waals surface area contributed by atoms with Gasteiger partial charge in [-0.15, -0.1) is 0 Å². The molecule has 0 aliphatic heterocycles. The molecule has 74 valence electrons. The van der Waals surface area contributed by atoms with Gasteiger partial charge in [0.2, 0.25) is 0 Å². The molecule has 0 unspecified atom stereocenters. The monoisotopic (exact) mass is 280 g/mol. The second kappa shape index (κ2) is 4.67. The van der Waals surface area contributed by atoms with Crippen molar-refractivity contribution in [3.05, 3.63) is 26.9 Å². The first-order valence-corrected chi connectivity index (χ1v) is 4.73. The summed E-state index contributed by atoms with van der Waals surface area (Å²) in [5, 5.41) is 8.32. The molecule has 0 bridgehead atoms. The fraction of sp³-hybridized carbons (Fsp3) is 0.250. The molecule has 2 nitrogen and oxygen atoms in total. The molecule has 0 fully saturated rings. The van der Waals surface area contributed by atoms with E-state index in [-0.39, 0.29) is 11.4 Å². The molecular weight excluding hydrogens is 277 g/mol. The summed E-state index contributed by atoms with van der Waals surface area (Å²) in [6, 6.07) is 1.84. The van der Waals surface area contributed by atoms with Crippen LogP contribution in [0.15, 0.2) is 10.7 Å². The minimum Gasteiger partial charge on any atom is -0.253 e. The summed E-state index contributed by atoms with van der Waals surface area (Å²) in [7, 11) is 0. The number of nitriles is 1. The highest BCUT2D eigenvalue weighted by Gasteiger charge is 2.18. The van der Waals surface area contributed by atoms with Crippen LogP contribution in [0.2, 0.25) is 5.02 Å². The third-order valence-electron chi connectivity index (χ3n) is 1.56. The third kappa shape index (κ3) is 2.20. The van der Waals surface area contributed by atoms with Gasteiger partial charge in [-0.3, -0.25) is 4.98 Å². The van der Waals surface area contributed by atoms with Crippen LogP contribution in [0.1, 0.15) is 17.7 Å². The molecule has 0 aliphatic carbocycles. The molecule has 0 saturated heterocycles. The van der Waals surface area contributed by atoms with Crippen LogP contribution in [-0.4, -0.2) is 4.98 Å². The Balaban J connectivity index is 3.27. The van der Waals surface area contributed by atoms with Crippen LogP contribution in [0.25, 0.3) is 0 Å². The Hall–Kier alpha value is -0.730. The second-order valence-electron chi connectivity index (χ2n) is 2.42. The van der Waals surface area contributed by atoms with Crippen molar-refractivity contribution in [2.75, 3.05) is 0 Å². The molecule has 6 heteroatoms. The molecule has 1 heterocycles. The standard InChI is InChI=1S/C8H4BrClF2N2/c9-5-3-14-7(8(11)12)6(10)4(5)1-2-13/h3,8H,1H2. The van der Waals surface area contributed by atoms with E-state index >= 15 is 0 Å². The molecule has 0 aromatic carbocycles. The lowest BCUT2D eigenvalue weighted by atomic mass is 10.2. The van der Waals surface area contributed by atoms with Gasteiger partial charge in [0, 0.05) is 16.2 Å². The highest BCUT2D eigenvalue weighted by Crippen LogP contribution is 2.32. The lowest BCUT2D eigenvalue weighted by Gasteiger charge is -2.07. The number of alkyl halides is 2. The van der Waals surface area contributed by atoms with Gasteiger partial charge < -0.3 is 0 Å². The Labute approximate surface area is 92.6 Å². The van der Waals surface area contributed by atoms with Gasteiger partial charge >= 0.3 is 0 Å². The lowest BCUT2D eigenvalue weighted by Crippen LogP contribution is -1.97. The molecule has 0 spiro atoms. The summed E-state index contributed by atoms with van der Waals surface area (Å²) in [6.07, 6.45) is -1.53. The molecular formula is C8H4BrClF2N2. The maximum Gasteiger partial charge on any atom is 0.281 e. The number of nitrogens with zero attached hydrogens (tertiary/aromatic N) is 2. The molecule has 0 radical (unpaired) electrons. The Morgan fingerprint density at radius 1 is 1.64 bits per heavy atom. The fourth-order valence-corrected chi connectivity index (χ4v) is 1.77. The summed E-state index contributed by atoms with van der Waals surface area (Å²) in [4.78, 5) is 3.48. The first-order chi connectivity index (χ1) is 6.57. The SMILES string of the molecule is N#CCc1c(Br)cnc(C(F)F)c1Cl. The second-order valence-corrected chi connectivity index (χ2v) is 3.65. The number of hydrogen-bond acceptors (Lipinski definition) is 2. The van der Waals surface area contributed by atoms with Crippen molar-refractivity contribution in [2.45, 2.75) is 12.8 Å². The zero-order valence-electron chi connectivity index (χ0n) is 6.77. The number of hydrogen-bond donors (Lipinski definition) is 0. The highest BCUT2D eigenvalue weighted by molar-refractivity contribution is 9.10. The van der Waals surface area contributed by atoms with E-state index in [0.29, 0.717) is 10.0 Å². The van der Waals surface area contributed by atoms with Crippen LogP contribution >= 0.6 is 27.5 Å². The summed E-state index contributed by atoms with van der Waals surface area (Å²) < 4.78 is 25.1. The number of aromatic nitrogens is 1. The zero-order chi connectivity index (χ0) is 10.7. The summed E-state index contributed by atoms with van der Waals surface area (Å²) in [5.41, 5.74) is -0.139. The Bertz CT molecular complexity index is 390. The van der Waals surface area contributed by atoms with Crippen molar-refractivity contribution in [3.63, 3.8) is 0 Å². The van der Waals surface area contributed by atoms with Crippen LogP contribution in [0.5, 0.6) is 0 Å². The van der Waals surface area contributed by atoms with E-state index in [1.807, 2.05) is 6.07 Å². The molecule has 14 heavy (non-hydrogen) atoms. The number of halogens is 4. The minimum atomic E-state index is -2.73. The zero-order valence-corrected chi connectivity index (χ0v) is 9.11. The lowest BCUT2D eigenvalue weighted by molar-refractivity contribution is 0.146. The van der Waals surface area contributed by atoms with Gasteiger partial charge in [0.15, 0.2) is 0 Å². The van der Waals surface area contributed by atoms with E-state index in [2.05, 4.69) is 20.9 Å². The quantitative estimate of drug-likeness (QED) is 0.832. The van der Waals surface area contributed by atoms with Gasteiger partial charge in [-0.1, -0.05) is 11.6 Å². The van der Waals surface area contributed by atoms with Crippen molar-refractivity contribution >= 4 is 27.5 Å².